The van der Waals surface area contributed by atoms with Crippen molar-refractivity contribution in [2.75, 3.05) is 26.7 Å². The summed E-state index contributed by atoms with van der Waals surface area (Å²) >= 11 is 0. The van der Waals surface area contributed by atoms with Crippen LogP contribution in [0, 0.1) is 13.8 Å². The number of carbonyl (C=O) groups excluding carboxylic acids is 2. The molecule has 0 aliphatic carbocycles. The molecule has 0 aromatic carbocycles. The van der Waals surface area contributed by atoms with E-state index in [1.165, 1.54) is 4.90 Å². The first-order valence-corrected chi connectivity index (χ1v) is 7.32. The molecule has 0 atom stereocenters. The molecule has 0 saturated carbocycles. The van der Waals surface area contributed by atoms with Crippen molar-refractivity contribution in [1.82, 2.24) is 19.6 Å². The van der Waals surface area contributed by atoms with Gasteiger partial charge in [-0.2, -0.15) is 5.10 Å². The van der Waals surface area contributed by atoms with Crippen molar-refractivity contribution in [3.8, 4) is 0 Å². The molecule has 6 nitrogen and oxygen atoms in total. The zero-order chi connectivity index (χ0) is 16.2. The highest BCUT2D eigenvalue weighted by atomic mass is 16.2. The Morgan fingerprint density at radius 2 is 1.71 bits per heavy atom. The molecular weight excluding hydrogens is 268 g/mol. The molecule has 0 aliphatic heterocycles. The van der Waals surface area contributed by atoms with Gasteiger partial charge in [-0.1, -0.05) is 0 Å². The summed E-state index contributed by atoms with van der Waals surface area (Å²) < 4.78 is 1.78. The van der Waals surface area contributed by atoms with Gasteiger partial charge < -0.3 is 9.80 Å². The smallest absolute Gasteiger partial charge is 0.242 e. The van der Waals surface area contributed by atoms with Crippen LogP contribution in [0.15, 0.2) is 0 Å². The van der Waals surface area contributed by atoms with Crippen LogP contribution in [0.3, 0.4) is 0 Å². The summed E-state index contributed by atoms with van der Waals surface area (Å²) in [6.45, 7) is 9.17. The lowest BCUT2D eigenvalue weighted by molar-refractivity contribution is -0.138. The van der Waals surface area contributed by atoms with Crippen LogP contribution in [0.1, 0.15) is 30.8 Å². The zero-order valence-corrected chi connectivity index (χ0v) is 13.9. The van der Waals surface area contributed by atoms with Gasteiger partial charge in [0.05, 0.1) is 18.7 Å². The summed E-state index contributed by atoms with van der Waals surface area (Å²) in [5, 5.41) is 4.31. The number of nitrogens with zero attached hydrogens (tertiary/aromatic N) is 4. The lowest BCUT2D eigenvalue weighted by Crippen LogP contribution is -2.41. The van der Waals surface area contributed by atoms with Crippen molar-refractivity contribution in [3.63, 3.8) is 0 Å². The number of aromatic nitrogens is 2. The standard InChI is InChI=1S/C15H26N4O2/c1-7-19(8-2)15(21)10-17(5)14(20)9-13-11(3)16-18(6)12(13)4/h7-10H2,1-6H3. The molecule has 21 heavy (non-hydrogen) atoms. The molecule has 6 heteroatoms. The number of amides is 2. The molecule has 0 spiro atoms. The molecule has 118 valence electrons. The quantitative estimate of drug-likeness (QED) is 0.783. The Bertz CT molecular complexity index is 518. The van der Waals surface area contributed by atoms with Gasteiger partial charge >= 0.3 is 0 Å². The highest BCUT2D eigenvalue weighted by molar-refractivity contribution is 5.85. The van der Waals surface area contributed by atoms with Crippen LogP contribution in [0.5, 0.6) is 0 Å². The summed E-state index contributed by atoms with van der Waals surface area (Å²) in [6.07, 6.45) is 0.285. The van der Waals surface area contributed by atoms with E-state index in [1.54, 1.807) is 16.6 Å². The van der Waals surface area contributed by atoms with E-state index >= 15 is 0 Å². The van der Waals surface area contributed by atoms with E-state index < -0.39 is 0 Å². The lowest BCUT2D eigenvalue weighted by atomic mass is 10.1. The van der Waals surface area contributed by atoms with E-state index in [0.717, 1.165) is 17.0 Å². The van der Waals surface area contributed by atoms with Gasteiger partial charge in [0, 0.05) is 38.4 Å². The Morgan fingerprint density at radius 3 is 2.14 bits per heavy atom. The van der Waals surface area contributed by atoms with Crippen LogP contribution >= 0.6 is 0 Å². The fraction of sp³-hybridized carbons (Fsp3) is 0.667. The van der Waals surface area contributed by atoms with E-state index in [9.17, 15) is 9.59 Å². The molecule has 1 heterocycles. The molecular formula is C15H26N4O2. The molecule has 1 aromatic heterocycles. The summed E-state index contributed by atoms with van der Waals surface area (Å²) in [6, 6.07) is 0. The van der Waals surface area contributed by atoms with Crippen LogP contribution < -0.4 is 0 Å². The second kappa shape index (κ2) is 7.24. The number of aryl methyl sites for hydroxylation is 2. The Labute approximate surface area is 126 Å². The van der Waals surface area contributed by atoms with Gasteiger partial charge in [-0.3, -0.25) is 14.3 Å². The molecule has 0 bridgehead atoms. The predicted octanol–water partition coefficient (Wildman–Crippen LogP) is 0.906. The first-order chi connectivity index (χ1) is 9.81. The number of carbonyl (C=O) groups is 2. The van der Waals surface area contributed by atoms with Gasteiger partial charge in [0.25, 0.3) is 0 Å². The Morgan fingerprint density at radius 1 is 1.14 bits per heavy atom. The molecule has 0 fully saturated rings. The number of hydrogen-bond donors (Lipinski definition) is 0. The van der Waals surface area contributed by atoms with Gasteiger partial charge in [0.2, 0.25) is 11.8 Å². The average molecular weight is 294 g/mol. The van der Waals surface area contributed by atoms with Crippen LogP contribution in [0.25, 0.3) is 0 Å². The Kier molecular flexibility index (Phi) is 5.93. The third kappa shape index (κ3) is 4.06. The van der Waals surface area contributed by atoms with Crippen LogP contribution in [-0.2, 0) is 23.1 Å². The van der Waals surface area contributed by atoms with Gasteiger partial charge in [-0.15, -0.1) is 0 Å². The normalized spacial score (nSPS) is 10.6. The maximum Gasteiger partial charge on any atom is 0.242 e. The first-order valence-electron chi connectivity index (χ1n) is 7.32. The topological polar surface area (TPSA) is 58.4 Å². The fourth-order valence-electron chi connectivity index (χ4n) is 2.33. The number of rotatable bonds is 6. The van der Waals surface area contributed by atoms with Crippen LogP contribution in [0.4, 0.5) is 0 Å². The van der Waals surface area contributed by atoms with E-state index in [4.69, 9.17) is 0 Å². The molecule has 0 unspecified atom stereocenters. The molecule has 0 radical (unpaired) electrons. The van der Waals surface area contributed by atoms with Gasteiger partial charge in [0.1, 0.15) is 0 Å². The first kappa shape index (κ1) is 17.2. The monoisotopic (exact) mass is 294 g/mol. The van der Waals surface area contributed by atoms with Crippen molar-refractivity contribution in [2.45, 2.75) is 34.1 Å². The number of likely N-dealkylation sites (N-methyl/N-ethyl adjacent to an activating group) is 2. The average Bonchev–Trinajstić information content (AvgIpc) is 2.66. The summed E-state index contributed by atoms with van der Waals surface area (Å²) in [4.78, 5) is 27.5. The van der Waals surface area contributed by atoms with Gasteiger partial charge in [-0.25, -0.2) is 0 Å². The molecule has 0 saturated heterocycles. The Balaban J connectivity index is 2.69. The minimum absolute atomic E-state index is 0.0181. The summed E-state index contributed by atoms with van der Waals surface area (Å²) in [7, 11) is 3.54. The highest BCUT2D eigenvalue weighted by Crippen LogP contribution is 2.13. The molecule has 0 aliphatic rings. The van der Waals surface area contributed by atoms with E-state index in [2.05, 4.69) is 5.10 Å². The molecule has 0 N–H and O–H groups in total. The van der Waals surface area contributed by atoms with E-state index in [-0.39, 0.29) is 24.8 Å². The minimum Gasteiger partial charge on any atom is -0.342 e. The molecule has 2 amide bonds. The van der Waals surface area contributed by atoms with E-state index in [0.29, 0.717) is 13.1 Å². The predicted molar refractivity (Wildman–Crippen MR) is 82.0 cm³/mol. The van der Waals surface area contributed by atoms with Crippen molar-refractivity contribution in [2.24, 2.45) is 7.05 Å². The molecule has 1 rings (SSSR count). The van der Waals surface area contributed by atoms with Crippen LogP contribution in [0.2, 0.25) is 0 Å². The van der Waals surface area contributed by atoms with Crippen molar-refractivity contribution < 1.29 is 9.59 Å². The SMILES string of the molecule is CCN(CC)C(=O)CN(C)C(=O)Cc1c(C)nn(C)c1C. The minimum atomic E-state index is -0.0605. The largest absolute Gasteiger partial charge is 0.342 e. The van der Waals surface area contributed by atoms with E-state index in [1.807, 2.05) is 34.7 Å². The van der Waals surface area contributed by atoms with Crippen LogP contribution in [-0.4, -0.2) is 58.1 Å². The summed E-state index contributed by atoms with van der Waals surface area (Å²) in [5.74, 6) is -0.0785. The zero-order valence-electron chi connectivity index (χ0n) is 13.9. The maximum atomic E-state index is 12.3. The van der Waals surface area contributed by atoms with Crippen molar-refractivity contribution in [3.05, 3.63) is 17.0 Å². The third-order valence-corrected chi connectivity index (χ3v) is 3.90. The second-order valence-corrected chi connectivity index (χ2v) is 5.27. The molecule has 1 aromatic rings. The Hall–Kier alpha value is -1.85. The number of hydrogen-bond acceptors (Lipinski definition) is 3. The summed E-state index contributed by atoms with van der Waals surface area (Å²) in [5.41, 5.74) is 2.81. The lowest BCUT2D eigenvalue weighted by Gasteiger charge is -2.23. The second-order valence-electron chi connectivity index (χ2n) is 5.27. The van der Waals surface area contributed by atoms with Gasteiger partial charge in [-0.05, 0) is 27.7 Å². The van der Waals surface area contributed by atoms with Crippen molar-refractivity contribution >= 4 is 11.8 Å². The maximum absolute atomic E-state index is 12.3. The van der Waals surface area contributed by atoms with Gasteiger partial charge in [0.15, 0.2) is 0 Å². The third-order valence-electron chi connectivity index (χ3n) is 3.90. The van der Waals surface area contributed by atoms with Crippen molar-refractivity contribution in [1.29, 1.82) is 0 Å². The fourth-order valence-corrected chi connectivity index (χ4v) is 2.33. The highest BCUT2D eigenvalue weighted by Gasteiger charge is 2.19.